The van der Waals surface area contributed by atoms with Gasteiger partial charge in [-0.05, 0) is 36.4 Å². The molecule has 6 nitrogen and oxygen atoms in total. The molecule has 0 saturated carbocycles. The zero-order valence-electron chi connectivity index (χ0n) is 14.8. The number of hydrogen-bond acceptors (Lipinski definition) is 6. The topological polar surface area (TPSA) is 89.9 Å². The second-order valence-corrected chi connectivity index (χ2v) is 6.15. The zero-order chi connectivity index (χ0) is 19.8. The van der Waals surface area contributed by atoms with Gasteiger partial charge in [-0.2, -0.15) is 0 Å². The first-order valence-corrected chi connectivity index (χ1v) is 8.42. The van der Waals surface area contributed by atoms with Gasteiger partial charge in [-0.1, -0.05) is 24.3 Å². The van der Waals surface area contributed by atoms with E-state index in [1.807, 2.05) is 0 Å². The lowest BCUT2D eigenvalue weighted by Gasteiger charge is -2.20. The fourth-order valence-corrected chi connectivity index (χ4v) is 3.15. The van der Waals surface area contributed by atoms with Gasteiger partial charge in [0.2, 0.25) is 0 Å². The highest BCUT2D eigenvalue weighted by Gasteiger charge is 2.35. The van der Waals surface area contributed by atoms with E-state index in [1.165, 1.54) is 43.5 Å². The minimum atomic E-state index is -0.699. The van der Waals surface area contributed by atoms with Crippen LogP contribution in [0.2, 0.25) is 0 Å². The van der Waals surface area contributed by atoms with Crippen molar-refractivity contribution in [2.75, 3.05) is 7.11 Å². The molecule has 0 amide bonds. The lowest BCUT2D eigenvalue weighted by Crippen LogP contribution is -2.23. The Balaban J connectivity index is 1.77. The molecule has 0 spiro atoms. The number of methoxy groups -OCH3 is 1. The van der Waals surface area contributed by atoms with Crippen LogP contribution in [0.3, 0.4) is 0 Å². The van der Waals surface area contributed by atoms with Gasteiger partial charge in [-0.15, -0.1) is 0 Å². The van der Waals surface area contributed by atoms with Crippen LogP contribution in [0.15, 0.2) is 60.7 Å². The van der Waals surface area contributed by atoms with Crippen LogP contribution in [-0.4, -0.2) is 29.8 Å². The number of carbonyl (C=O) groups is 3. The molecule has 0 unspecified atom stereocenters. The summed E-state index contributed by atoms with van der Waals surface area (Å²) < 4.78 is 10.4. The van der Waals surface area contributed by atoms with Gasteiger partial charge in [0.1, 0.15) is 17.2 Å². The standard InChI is InChI=1S/C22H14O6/c1-27-13-8-6-12(7-9-13)22(26)28-17-11-10-16(23)18-19(17)21(25)15-5-3-2-4-14(15)20(18)24/h2-11,23H,1H3. The largest absolute Gasteiger partial charge is 0.507 e. The molecule has 3 aromatic carbocycles. The molecule has 0 aliphatic heterocycles. The third-order valence-electron chi connectivity index (χ3n) is 4.54. The third-order valence-corrected chi connectivity index (χ3v) is 4.54. The van der Waals surface area contributed by atoms with Crippen molar-refractivity contribution in [1.82, 2.24) is 0 Å². The highest BCUT2D eigenvalue weighted by Crippen LogP contribution is 2.38. The van der Waals surface area contributed by atoms with Crippen LogP contribution in [0.4, 0.5) is 0 Å². The average molecular weight is 374 g/mol. The molecule has 28 heavy (non-hydrogen) atoms. The Hall–Kier alpha value is -3.93. The van der Waals surface area contributed by atoms with E-state index in [0.29, 0.717) is 5.75 Å². The first-order valence-electron chi connectivity index (χ1n) is 8.42. The predicted octanol–water partition coefficient (Wildman–Crippen LogP) is 3.40. The molecule has 1 aliphatic rings. The van der Waals surface area contributed by atoms with Gasteiger partial charge in [0.15, 0.2) is 11.6 Å². The molecule has 0 radical (unpaired) electrons. The molecule has 138 valence electrons. The van der Waals surface area contributed by atoms with Gasteiger partial charge in [0.25, 0.3) is 0 Å². The van der Waals surface area contributed by atoms with Crippen molar-refractivity contribution >= 4 is 17.5 Å². The smallest absolute Gasteiger partial charge is 0.343 e. The summed E-state index contributed by atoms with van der Waals surface area (Å²) in [4.78, 5) is 38.2. The Morgan fingerprint density at radius 3 is 2.04 bits per heavy atom. The van der Waals surface area contributed by atoms with Gasteiger partial charge in [-0.3, -0.25) is 9.59 Å². The van der Waals surface area contributed by atoms with Crippen LogP contribution in [0.1, 0.15) is 42.2 Å². The molecule has 6 heteroatoms. The fourth-order valence-electron chi connectivity index (χ4n) is 3.15. The summed E-state index contributed by atoms with van der Waals surface area (Å²) >= 11 is 0. The predicted molar refractivity (Wildman–Crippen MR) is 99.4 cm³/mol. The molecule has 1 N–H and O–H groups in total. The Morgan fingerprint density at radius 2 is 1.43 bits per heavy atom. The Labute approximate surface area is 160 Å². The summed E-state index contributed by atoms with van der Waals surface area (Å²) in [5.74, 6) is -1.53. The van der Waals surface area contributed by atoms with Crippen molar-refractivity contribution in [3.8, 4) is 17.2 Å². The molecule has 1 aliphatic carbocycles. The second kappa shape index (κ2) is 6.66. The van der Waals surface area contributed by atoms with E-state index in [4.69, 9.17) is 9.47 Å². The minimum absolute atomic E-state index is 0.0820. The minimum Gasteiger partial charge on any atom is -0.507 e. The van der Waals surface area contributed by atoms with E-state index < -0.39 is 17.5 Å². The second-order valence-electron chi connectivity index (χ2n) is 6.15. The van der Waals surface area contributed by atoms with Crippen LogP contribution in [0, 0.1) is 0 Å². The van der Waals surface area contributed by atoms with Gasteiger partial charge < -0.3 is 14.6 Å². The number of ether oxygens (including phenoxy) is 2. The van der Waals surface area contributed by atoms with Gasteiger partial charge in [0.05, 0.1) is 23.8 Å². The highest BCUT2D eigenvalue weighted by atomic mass is 16.5. The summed E-state index contributed by atoms with van der Waals surface area (Å²) in [5.41, 5.74) is 0.369. The highest BCUT2D eigenvalue weighted by molar-refractivity contribution is 6.30. The monoisotopic (exact) mass is 374 g/mol. The maximum atomic E-state index is 13.0. The maximum Gasteiger partial charge on any atom is 0.343 e. The number of carbonyl (C=O) groups excluding carboxylic acids is 3. The van der Waals surface area contributed by atoms with E-state index >= 15 is 0 Å². The fraction of sp³-hybridized carbons (Fsp3) is 0.0455. The number of phenolic OH excluding ortho intramolecular Hbond substituents is 1. The number of aromatic hydroxyl groups is 1. The van der Waals surface area contributed by atoms with E-state index in [-0.39, 0.29) is 39.3 Å². The zero-order valence-corrected chi connectivity index (χ0v) is 14.8. The van der Waals surface area contributed by atoms with Crippen molar-refractivity contribution in [2.24, 2.45) is 0 Å². The van der Waals surface area contributed by atoms with Crippen LogP contribution in [-0.2, 0) is 0 Å². The van der Waals surface area contributed by atoms with E-state index in [1.54, 1.807) is 24.3 Å². The normalized spacial score (nSPS) is 12.2. The maximum absolute atomic E-state index is 13.0. The van der Waals surface area contributed by atoms with Crippen molar-refractivity contribution in [3.05, 3.63) is 88.5 Å². The van der Waals surface area contributed by atoms with Crippen LogP contribution in [0.5, 0.6) is 17.2 Å². The quantitative estimate of drug-likeness (QED) is 0.437. The van der Waals surface area contributed by atoms with Crippen molar-refractivity contribution in [1.29, 1.82) is 0 Å². The Kier molecular flexibility index (Phi) is 4.16. The van der Waals surface area contributed by atoms with Gasteiger partial charge >= 0.3 is 5.97 Å². The molecular formula is C22H14O6. The molecule has 0 saturated heterocycles. The molecule has 0 fully saturated rings. The van der Waals surface area contributed by atoms with Crippen LogP contribution in [0.25, 0.3) is 0 Å². The number of esters is 1. The summed E-state index contributed by atoms with van der Waals surface area (Å²) in [6, 6.07) is 15.1. The van der Waals surface area contributed by atoms with Crippen LogP contribution < -0.4 is 9.47 Å². The molecule has 4 rings (SSSR count). The number of fused-ring (bicyclic) bond motifs is 2. The van der Waals surface area contributed by atoms with Crippen molar-refractivity contribution in [2.45, 2.75) is 0 Å². The average Bonchev–Trinajstić information content (AvgIpc) is 2.73. The molecular weight excluding hydrogens is 360 g/mol. The van der Waals surface area contributed by atoms with Crippen LogP contribution >= 0.6 is 0 Å². The third kappa shape index (κ3) is 2.72. The van der Waals surface area contributed by atoms with E-state index in [2.05, 4.69) is 0 Å². The molecule has 0 aromatic heterocycles. The van der Waals surface area contributed by atoms with E-state index in [0.717, 1.165) is 0 Å². The first-order chi connectivity index (χ1) is 13.5. The van der Waals surface area contributed by atoms with Crippen molar-refractivity contribution < 1.29 is 29.0 Å². The Morgan fingerprint density at radius 1 is 0.821 bits per heavy atom. The lowest BCUT2D eigenvalue weighted by molar-refractivity contribution is 0.0731. The number of ketones is 2. The summed E-state index contributed by atoms with van der Waals surface area (Å²) in [6.07, 6.45) is 0. The summed E-state index contributed by atoms with van der Waals surface area (Å²) in [7, 11) is 1.51. The molecule has 0 atom stereocenters. The number of rotatable bonds is 3. The Bertz CT molecular complexity index is 1130. The van der Waals surface area contributed by atoms with Crippen molar-refractivity contribution in [3.63, 3.8) is 0 Å². The number of benzene rings is 3. The number of phenols is 1. The molecule has 0 bridgehead atoms. The molecule has 0 heterocycles. The van der Waals surface area contributed by atoms with Gasteiger partial charge in [-0.25, -0.2) is 4.79 Å². The first kappa shape index (κ1) is 17.5. The van der Waals surface area contributed by atoms with Gasteiger partial charge in [0, 0.05) is 11.1 Å². The SMILES string of the molecule is COc1ccc(C(=O)Oc2ccc(O)c3c2C(=O)c2ccccc2C3=O)cc1. The summed E-state index contributed by atoms with van der Waals surface area (Å²) in [6.45, 7) is 0. The number of hydrogen-bond donors (Lipinski definition) is 1. The van der Waals surface area contributed by atoms with E-state index in [9.17, 15) is 19.5 Å². The molecule has 3 aromatic rings. The summed E-state index contributed by atoms with van der Waals surface area (Å²) in [5, 5.41) is 10.2. The lowest BCUT2D eigenvalue weighted by atomic mass is 9.83.